The number of hydrogen-bond acceptors (Lipinski definition) is 4. The fraction of sp³-hybridized carbons (Fsp3) is 0.368. The van der Waals surface area contributed by atoms with Gasteiger partial charge in [-0.25, -0.2) is 0 Å². The summed E-state index contributed by atoms with van der Waals surface area (Å²) < 4.78 is 2.75. The Morgan fingerprint density at radius 3 is 2.16 bits per heavy atom. The molecule has 0 aliphatic carbocycles. The van der Waals surface area contributed by atoms with Gasteiger partial charge in [0.25, 0.3) is 0 Å². The Labute approximate surface area is 282 Å². The molecule has 0 saturated heterocycles. The Hall–Kier alpha value is -2.63. The molecule has 0 aliphatic heterocycles. The van der Waals surface area contributed by atoms with Crippen molar-refractivity contribution < 1.29 is 30.0 Å². The Balaban J connectivity index is 0.000000324. The van der Waals surface area contributed by atoms with E-state index in [-0.39, 0.29) is 37.1 Å². The molecule has 6 heteroatoms. The number of carbonyl (C=O) groups is 1. The van der Waals surface area contributed by atoms with Gasteiger partial charge in [-0.2, -0.15) is 0 Å². The van der Waals surface area contributed by atoms with E-state index >= 15 is 0 Å². The van der Waals surface area contributed by atoms with Crippen LogP contribution in [-0.2, 0) is 24.9 Å². The van der Waals surface area contributed by atoms with Gasteiger partial charge in [-0.3, -0.25) is 9.78 Å². The molecule has 0 spiro atoms. The monoisotopic (exact) mass is 801 g/mol. The number of fused-ring (bicyclic) bond motifs is 4. The second-order valence-corrected chi connectivity index (χ2v) is 20.9. The number of aliphatic hydroxyl groups excluding tert-OH is 1. The molecule has 5 aromatic rings. The molecule has 1 N–H and O–H groups in total. The van der Waals surface area contributed by atoms with Crippen molar-refractivity contribution in [2.24, 2.45) is 10.8 Å². The first kappa shape index (κ1) is 35.8. The topological polar surface area (TPSA) is 50.2 Å². The summed E-state index contributed by atoms with van der Waals surface area (Å²) in [4.78, 5) is 16.4. The molecule has 2 heterocycles. The Bertz CT molecular complexity index is 1830. The third-order valence-corrected chi connectivity index (χ3v) is 11.1. The van der Waals surface area contributed by atoms with Crippen LogP contribution in [0.1, 0.15) is 66.9 Å². The molecule has 2 aromatic heterocycles. The van der Waals surface area contributed by atoms with E-state index in [2.05, 4.69) is 94.2 Å². The van der Waals surface area contributed by atoms with Crippen molar-refractivity contribution in [1.29, 1.82) is 0 Å². The number of rotatable bonds is 4. The fourth-order valence-corrected chi connectivity index (χ4v) is 8.56. The van der Waals surface area contributed by atoms with E-state index in [0.29, 0.717) is 5.92 Å². The number of aromatic nitrogens is 1. The Morgan fingerprint density at radius 2 is 1.57 bits per heavy atom. The third-order valence-electron chi connectivity index (χ3n) is 7.68. The molecule has 0 fully saturated rings. The summed E-state index contributed by atoms with van der Waals surface area (Å²) in [5.41, 5.74) is 2.75. The maximum absolute atomic E-state index is 11.5. The molecule has 0 saturated carbocycles. The van der Waals surface area contributed by atoms with Crippen molar-refractivity contribution in [1.82, 2.24) is 4.98 Å². The normalized spacial score (nSPS) is 12.8. The van der Waals surface area contributed by atoms with Gasteiger partial charge in [0.2, 0.25) is 0 Å². The van der Waals surface area contributed by atoms with Crippen LogP contribution in [-0.4, -0.2) is 23.9 Å². The number of nitrogens with zero attached hydrogens (tertiary/aromatic N) is 1. The van der Waals surface area contributed by atoms with Crippen molar-refractivity contribution >= 4 is 61.3 Å². The number of thiophene rings is 1. The quantitative estimate of drug-likeness (QED) is 0.0852. The first-order chi connectivity index (χ1) is 19.9. The van der Waals surface area contributed by atoms with Crippen LogP contribution in [0.25, 0.3) is 42.2 Å². The molecule has 5 rings (SSSR count). The van der Waals surface area contributed by atoms with Gasteiger partial charge in [0, 0.05) is 58.3 Å². The third kappa shape index (κ3) is 7.77. The number of ketones is 1. The smallest absolute Gasteiger partial charge is 0.164 e. The van der Waals surface area contributed by atoms with Crippen molar-refractivity contribution in [3.63, 3.8) is 0 Å². The van der Waals surface area contributed by atoms with Crippen LogP contribution in [0.15, 0.2) is 72.6 Å². The van der Waals surface area contributed by atoms with Crippen molar-refractivity contribution in [3.8, 4) is 11.3 Å². The Kier molecular flexibility index (Phi) is 10.9. The minimum atomic E-state index is -1.44. The second kappa shape index (κ2) is 13.4. The average Bonchev–Trinajstić information content (AvgIpc) is 3.30. The first-order valence-corrected chi connectivity index (χ1v) is 19.4. The zero-order chi connectivity index (χ0) is 31.9. The molecular weight excluding hydrogens is 755 g/mol. The maximum Gasteiger partial charge on any atom is 0.164 e. The second-order valence-electron chi connectivity index (χ2n) is 14.8. The summed E-state index contributed by atoms with van der Waals surface area (Å²) in [7, 11) is -1.44. The summed E-state index contributed by atoms with van der Waals surface area (Å²) in [6.07, 6.45) is 3.29. The molecule has 1 radical (unpaired) electrons. The summed E-state index contributed by atoms with van der Waals surface area (Å²) in [5, 5.41) is 16.2. The largest absolute Gasteiger partial charge is 0.512 e. The van der Waals surface area contributed by atoms with Crippen LogP contribution < -0.4 is 5.19 Å². The van der Waals surface area contributed by atoms with Crippen LogP contribution in [0.5, 0.6) is 0 Å². The van der Waals surface area contributed by atoms with Gasteiger partial charge in [0.05, 0.1) is 8.07 Å². The van der Waals surface area contributed by atoms with E-state index in [9.17, 15) is 9.90 Å². The SMILES string of the molecule is CC(C)(C)C(=O)/C=C(\O)C(C)(C)C.CC(C)c1cc(-c2nccc3sc4c([Si](C)(C)C)cccc4c23)[c-]c2ccccc12.[Ir]. The molecule has 0 unspecified atom stereocenters. The minimum Gasteiger partial charge on any atom is -0.512 e. The van der Waals surface area contributed by atoms with Gasteiger partial charge in [0.1, 0.15) is 5.76 Å². The van der Waals surface area contributed by atoms with Gasteiger partial charge in [-0.15, -0.1) is 40.5 Å². The molecule has 0 amide bonds. The van der Waals surface area contributed by atoms with Crippen molar-refractivity contribution in [3.05, 3.63) is 84.3 Å². The van der Waals surface area contributed by atoms with Crippen LogP contribution in [0, 0.1) is 16.9 Å². The standard InChI is InChI=1S/C27H26NSSi.C11H20O2.Ir/c1-17(2)22-16-19(15-18-9-6-7-10-20(18)22)26-25-21-11-8-12-24(30(3,4)5)27(21)29-23(25)13-14-28-26;1-10(2,3)8(12)7-9(13)11(4,5)6;/h6-14,16-17H,1-5H3;7,12H,1-6H3;/q-1;;/b;8-7-;. The van der Waals surface area contributed by atoms with Crippen molar-refractivity contribution in [2.45, 2.75) is 80.9 Å². The molecule has 0 bridgehead atoms. The van der Waals surface area contributed by atoms with E-state index in [1.807, 2.05) is 59.1 Å². The number of benzene rings is 3. The number of allylic oxidation sites excluding steroid dienone is 2. The zero-order valence-corrected chi connectivity index (χ0v) is 32.2. The average molecular weight is 801 g/mol. The summed E-state index contributed by atoms with van der Waals surface area (Å²) in [6, 6.07) is 23.6. The number of pyridine rings is 1. The van der Waals surface area contributed by atoms with E-state index in [0.717, 1.165) is 11.3 Å². The minimum absolute atomic E-state index is 0. The van der Waals surface area contributed by atoms with Crippen LogP contribution in [0.3, 0.4) is 0 Å². The van der Waals surface area contributed by atoms with E-state index in [1.165, 1.54) is 47.8 Å². The molecule has 235 valence electrons. The fourth-order valence-electron chi connectivity index (χ4n) is 4.96. The predicted molar refractivity (Wildman–Crippen MR) is 191 cm³/mol. The maximum atomic E-state index is 11.5. The molecule has 3 aromatic carbocycles. The van der Waals surface area contributed by atoms with Crippen LogP contribution in [0.2, 0.25) is 19.6 Å². The van der Waals surface area contributed by atoms with Crippen LogP contribution in [0.4, 0.5) is 0 Å². The number of carbonyl (C=O) groups excluding carboxylic acids is 1. The molecule has 44 heavy (non-hydrogen) atoms. The van der Waals surface area contributed by atoms with Gasteiger partial charge in [-0.1, -0.05) is 122 Å². The summed E-state index contributed by atoms with van der Waals surface area (Å²) in [6.45, 7) is 22.9. The number of hydrogen-bond donors (Lipinski definition) is 1. The summed E-state index contributed by atoms with van der Waals surface area (Å²) >= 11 is 1.92. The van der Waals surface area contributed by atoms with Gasteiger partial charge in [0.15, 0.2) is 5.78 Å². The summed E-state index contributed by atoms with van der Waals surface area (Å²) in [5.74, 6) is 0.549. The Morgan fingerprint density at radius 1 is 0.932 bits per heavy atom. The zero-order valence-electron chi connectivity index (χ0n) is 28.0. The van der Waals surface area contributed by atoms with E-state index < -0.39 is 13.5 Å². The van der Waals surface area contributed by atoms with E-state index in [1.54, 1.807) is 0 Å². The molecule has 0 atom stereocenters. The molecule has 3 nitrogen and oxygen atoms in total. The first-order valence-electron chi connectivity index (χ1n) is 15.1. The molecule has 0 aliphatic rings. The predicted octanol–water partition coefficient (Wildman–Crippen LogP) is 10.8. The van der Waals surface area contributed by atoms with Crippen LogP contribution >= 0.6 is 11.3 Å². The van der Waals surface area contributed by atoms with Gasteiger partial charge < -0.3 is 5.11 Å². The van der Waals surface area contributed by atoms with Gasteiger partial charge >= 0.3 is 0 Å². The number of aliphatic hydroxyl groups is 1. The van der Waals surface area contributed by atoms with E-state index in [4.69, 9.17) is 4.98 Å². The van der Waals surface area contributed by atoms with Crippen molar-refractivity contribution in [2.75, 3.05) is 0 Å². The van der Waals surface area contributed by atoms with Gasteiger partial charge in [-0.05, 0) is 27.9 Å². The molecular formula is C38H46IrNO2SSi-.